The van der Waals surface area contributed by atoms with Crippen molar-refractivity contribution in [1.82, 2.24) is 19.7 Å². The molecule has 2 atom stereocenters. The summed E-state index contributed by atoms with van der Waals surface area (Å²) in [7, 11) is 0. The molecular weight excluding hydrogens is 344 g/mol. The number of hydrogen-bond donors (Lipinski definition) is 1. The molecule has 1 fully saturated rings. The zero-order valence-electron chi connectivity index (χ0n) is 14.5. The summed E-state index contributed by atoms with van der Waals surface area (Å²) in [5.74, 6) is 0.925. The molecule has 0 amide bonds. The number of benzene rings is 1. The number of aromatic nitrogens is 4. The number of rotatable bonds is 6. The highest BCUT2D eigenvalue weighted by Crippen LogP contribution is 2.34. The fourth-order valence-corrected chi connectivity index (χ4v) is 3.93. The Morgan fingerprint density at radius 2 is 1.96 bits per heavy atom. The first-order valence-electron chi connectivity index (χ1n) is 9.02. The molecule has 6 heteroatoms. The van der Waals surface area contributed by atoms with E-state index in [0.717, 1.165) is 30.8 Å². The van der Waals surface area contributed by atoms with Gasteiger partial charge in [0.05, 0.1) is 25.2 Å². The molecule has 1 aliphatic carbocycles. The number of nitrogens with zero attached hydrogens (tertiary/aromatic N) is 3. The van der Waals surface area contributed by atoms with E-state index in [-0.39, 0.29) is 12.1 Å². The number of nitrogens with one attached hydrogen (secondary N) is 1. The van der Waals surface area contributed by atoms with Crippen molar-refractivity contribution in [2.24, 2.45) is 0 Å². The standard InChI is InChI=1S/C20H22N4OS/c26-20-23-22-19(13-16-9-4-5-12-21-16)24(20)17-10-6-11-18(17)25-14-15-7-2-1-3-8-15/h1-5,7-9,12,17-18H,6,10-11,13-14H2,(H,23,26)/t17-,18-/m1/s1. The van der Waals surface area contributed by atoms with E-state index in [1.54, 1.807) is 0 Å². The summed E-state index contributed by atoms with van der Waals surface area (Å²) >= 11 is 5.53. The minimum absolute atomic E-state index is 0.155. The maximum atomic E-state index is 6.26. The number of hydrogen-bond acceptors (Lipinski definition) is 4. The van der Waals surface area contributed by atoms with E-state index >= 15 is 0 Å². The lowest BCUT2D eigenvalue weighted by Gasteiger charge is -2.23. The van der Waals surface area contributed by atoms with Gasteiger partial charge in [-0.3, -0.25) is 14.6 Å². The van der Waals surface area contributed by atoms with Crippen molar-refractivity contribution in [3.8, 4) is 0 Å². The average Bonchev–Trinajstić information content (AvgIpc) is 3.28. The Morgan fingerprint density at radius 3 is 2.77 bits per heavy atom. The third kappa shape index (κ3) is 3.76. The van der Waals surface area contributed by atoms with Crippen LogP contribution in [0.2, 0.25) is 0 Å². The summed E-state index contributed by atoms with van der Waals surface area (Å²) in [4.78, 5) is 4.41. The quantitative estimate of drug-likeness (QED) is 0.663. The lowest BCUT2D eigenvalue weighted by atomic mass is 10.2. The van der Waals surface area contributed by atoms with Gasteiger partial charge in [0.2, 0.25) is 0 Å². The van der Waals surface area contributed by atoms with Gasteiger partial charge in [-0.2, -0.15) is 5.10 Å². The Morgan fingerprint density at radius 1 is 1.12 bits per heavy atom. The second-order valence-corrected chi connectivity index (χ2v) is 7.03. The average molecular weight is 366 g/mol. The van der Waals surface area contributed by atoms with Gasteiger partial charge >= 0.3 is 0 Å². The molecule has 3 aromatic rings. The van der Waals surface area contributed by atoms with Crippen molar-refractivity contribution in [3.63, 3.8) is 0 Å². The number of ether oxygens (including phenoxy) is 1. The van der Waals surface area contributed by atoms with Crippen molar-refractivity contribution in [1.29, 1.82) is 0 Å². The molecule has 0 spiro atoms. The molecule has 0 radical (unpaired) electrons. The van der Waals surface area contributed by atoms with Gasteiger partial charge in [-0.25, -0.2) is 0 Å². The molecule has 26 heavy (non-hydrogen) atoms. The minimum atomic E-state index is 0.155. The summed E-state index contributed by atoms with van der Waals surface area (Å²) in [5, 5.41) is 7.42. The van der Waals surface area contributed by atoms with Crippen LogP contribution >= 0.6 is 12.2 Å². The van der Waals surface area contributed by atoms with Crippen LogP contribution in [0.25, 0.3) is 0 Å². The predicted molar refractivity (Wildman–Crippen MR) is 102 cm³/mol. The van der Waals surface area contributed by atoms with Crippen molar-refractivity contribution in [2.45, 2.75) is 44.4 Å². The van der Waals surface area contributed by atoms with Gasteiger partial charge in [-0.15, -0.1) is 0 Å². The molecule has 1 saturated carbocycles. The highest BCUT2D eigenvalue weighted by molar-refractivity contribution is 7.71. The molecule has 0 unspecified atom stereocenters. The molecule has 0 bridgehead atoms. The van der Waals surface area contributed by atoms with Crippen LogP contribution in [0.5, 0.6) is 0 Å². The van der Waals surface area contributed by atoms with E-state index in [9.17, 15) is 0 Å². The monoisotopic (exact) mass is 366 g/mol. The fraction of sp³-hybridized carbons (Fsp3) is 0.350. The van der Waals surface area contributed by atoms with Crippen LogP contribution in [-0.2, 0) is 17.8 Å². The highest BCUT2D eigenvalue weighted by Gasteiger charge is 2.32. The van der Waals surface area contributed by atoms with E-state index in [1.165, 1.54) is 5.56 Å². The van der Waals surface area contributed by atoms with E-state index in [1.807, 2.05) is 42.6 Å². The van der Waals surface area contributed by atoms with Crippen LogP contribution in [0.4, 0.5) is 0 Å². The first kappa shape index (κ1) is 17.1. The largest absolute Gasteiger partial charge is 0.371 e. The summed E-state index contributed by atoms with van der Waals surface area (Å²) in [6.45, 7) is 0.628. The second kappa shape index (κ2) is 7.93. The smallest absolute Gasteiger partial charge is 0.195 e. The fourth-order valence-electron chi connectivity index (χ4n) is 3.64. The van der Waals surface area contributed by atoms with Gasteiger partial charge in [0.15, 0.2) is 4.77 Å². The van der Waals surface area contributed by atoms with Gasteiger partial charge in [-0.1, -0.05) is 36.4 Å². The van der Waals surface area contributed by atoms with Gasteiger partial charge in [0.1, 0.15) is 5.82 Å². The molecule has 1 aromatic carbocycles. The molecule has 4 rings (SSSR count). The Balaban J connectivity index is 1.52. The number of pyridine rings is 1. The van der Waals surface area contributed by atoms with Crippen LogP contribution in [0.3, 0.4) is 0 Å². The Bertz CT molecular complexity index is 891. The molecule has 1 aliphatic rings. The normalized spacial score (nSPS) is 19.7. The summed E-state index contributed by atoms with van der Waals surface area (Å²) < 4.78 is 9.07. The molecule has 2 heterocycles. The zero-order valence-corrected chi connectivity index (χ0v) is 15.4. The van der Waals surface area contributed by atoms with E-state index in [4.69, 9.17) is 17.0 Å². The number of aromatic amines is 1. The van der Waals surface area contributed by atoms with E-state index in [0.29, 0.717) is 17.8 Å². The molecule has 0 saturated heterocycles. The molecular formula is C20H22N4OS. The van der Waals surface area contributed by atoms with Gasteiger partial charge in [0, 0.05) is 11.9 Å². The maximum Gasteiger partial charge on any atom is 0.195 e. The zero-order chi connectivity index (χ0) is 17.8. The molecule has 2 aromatic heterocycles. The van der Waals surface area contributed by atoms with Crippen LogP contribution < -0.4 is 0 Å². The summed E-state index contributed by atoms with van der Waals surface area (Å²) in [6.07, 6.45) is 5.87. The van der Waals surface area contributed by atoms with Crippen molar-refractivity contribution < 1.29 is 4.74 Å². The lowest BCUT2D eigenvalue weighted by Crippen LogP contribution is -2.24. The topological polar surface area (TPSA) is 55.7 Å². The van der Waals surface area contributed by atoms with Gasteiger partial charge in [0.25, 0.3) is 0 Å². The number of H-pyrrole nitrogens is 1. The van der Waals surface area contributed by atoms with E-state index < -0.39 is 0 Å². The van der Waals surface area contributed by atoms with Crippen molar-refractivity contribution >= 4 is 12.2 Å². The third-order valence-corrected chi connectivity index (χ3v) is 5.19. The molecule has 0 aliphatic heterocycles. The predicted octanol–water partition coefficient (Wildman–Crippen LogP) is 4.24. The Hall–Kier alpha value is -2.31. The van der Waals surface area contributed by atoms with Crippen LogP contribution in [0.15, 0.2) is 54.7 Å². The first-order chi connectivity index (χ1) is 12.8. The van der Waals surface area contributed by atoms with Crippen molar-refractivity contribution in [3.05, 3.63) is 76.6 Å². The SMILES string of the molecule is S=c1[nH]nc(Cc2ccccn2)n1[C@@H]1CCC[C@H]1OCc1ccccc1. The maximum absolute atomic E-state index is 6.26. The molecule has 5 nitrogen and oxygen atoms in total. The Labute approximate surface area is 158 Å². The third-order valence-electron chi connectivity index (χ3n) is 4.90. The minimum Gasteiger partial charge on any atom is -0.371 e. The second-order valence-electron chi connectivity index (χ2n) is 6.65. The van der Waals surface area contributed by atoms with Crippen LogP contribution in [0.1, 0.15) is 42.4 Å². The van der Waals surface area contributed by atoms with Gasteiger partial charge < -0.3 is 4.74 Å². The lowest BCUT2D eigenvalue weighted by molar-refractivity contribution is 0.0185. The highest BCUT2D eigenvalue weighted by atomic mass is 32.1. The summed E-state index contributed by atoms with van der Waals surface area (Å²) in [5.41, 5.74) is 2.19. The first-order valence-corrected chi connectivity index (χ1v) is 9.43. The van der Waals surface area contributed by atoms with Gasteiger partial charge in [-0.05, 0) is 49.2 Å². The van der Waals surface area contributed by atoms with E-state index in [2.05, 4.69) is 31.9 Å². The Kier molecular flexibility index (Phi) is 5.22. The molecule has 1 N–H and O–H groups in total. The van der Waals surface area contributed by atoms with Crippen LogP contribution in [-0.4, -0.2) is 25.9 Å². The van der Waals surface area contributed by atoms with Crippen LogP contribution in [0, 0.1) is 4.77 Å². The molecule has 134 valence electrons. The summed E-state index contributed by atoms with van der Waals surface area (Å²) in [6, 6.07) is 16.5. The van der Waals surface area contributed by atoms with Crippen molar-refractivity contribution in [2.75, 3.05) is 0 Å².